The quantitative estimate of drug-likeness (QED) is 0.522. The second kappa shape index (κ2) is 8.62. The molecule has 154 valence electrons. The number of benzene rings is 3. The molecule has 1 aromatic heterocycles. The summed E-state index contributed by atoms with van der Waals surface area (Å²) in [7, 11) is 0. The van der Waals surface area contributed by atoms with Crippen LogP contribution in [0.1, 0.15) is 21.6 Å². The second-order valence-corrected chi connectivity index (χ2v) is 7.01. The fourth-order valence-electron chi connectivity index (χ4n) is 3.43. The van der Waals surface area contributed by atoms with Gasteiger partial charge in [-0.1, -0.05) is 66.7 Å². The molecule has 3 aromatic carbocycles. The fourth-order valence-corrected chi connectivity index (χ4v) is 3.43. The molecule has 1 heterocycles. The number of hydrogen-bond acceptors (Lipinski definition) is 5. The van der Waals surface area contributed by atoms with Crippen molar-refractivity contribution in [3.63, 3.8) is 0 Å². The molecule has 0 aliphatic rings. The molecule has 1 N–H and O–H groups in total. The molecule has 0 fully saturated rings. The third-order valence-electron chi connectivity index (χ3n) is 4.88. The Bertz CT molecular complexity index is 1330. The SMILES string of the molecule is O=C(Cn1nc(C(=O)[O-])c2ccccc2c1=O)Nc1ccccc1Cc1ccccc1. The van der Waals surface area contributed by atoms with Crippen LogP contribution in [0, 0.1) is 0 Å². The number of anilines is 1. The Morgan fingerprint density at radius 1 is 0.871 bits per heavy atom. The van der Waals surface area contributed by atoms with Crippen molar-refractivity contribution in [2.24, 2.45) is 0 Å². The van der Waals surface area contributed by atoms with Crippen molar-refractivity contribution in [3.05, 3.63) is 106 Å². The van der Waals surface area contributed by atoms with Crippen molar-refractivity contribution in [1.29, 1.82) is 0 Å². The lowest BCUT2D eigenvalue weighted by Crippen LogP contribution is -2.34. The molecule has 0 aliphatic carbocycles. The highest BCUT2D eigenvalue weighted by Crippen LogP contribution is 2.19. The van der Waals surface area contributed by atoms with E-state index < -0.39 is 24.0 Å². The van der Waals surface area contributed by atoms with E-state index in [0.717, 1.165) is 15.8 Å². The van der Waals surface area contributed by atoms with Crippen molar-refractivity contribution >= 4 is 28.3 Å². The van der Waals surface area contributed by atoms with Gasteiger partial charge in [0, 0.05) is 11.1 Å². The topological polar surface area (TPSA) is 104 Å². The van der Waals surface area contributed by atoms with Gasteiger partial charge in [-0.25, -0.2) is 4.68 Å². The van der Waals surface area contributed by atoms with Crippen LogP contribution in [0.2, 0.25) is 0 Å². The lowest BCUT2D eigenvalue weighted by atomic mass is 10.0. The molecule has 0 atom stereocenters. The predicted molar refractivity (Wildman–Crippen MR) is 115 cm³/mol. The first-order valence-electron chi connectivity index (χ1n) is 9.66. The van der Waals surface area contributed by atoms with Crippen LogP contribution in [0.15, 0.2) is 83.7 Å². The number of nitrogens with one attached hydrogen (secondary N) is 1. The zero-order valence-electron chi connectivity index (χ0n) is 16.4. The van der Waals surface area contributed by atoms with E-state index in [0.29, 0.717) is 12.1 Å². The second-order valence-electron chi connectivity index (χ2n) is 7.01. The van der Waals surface area contributed by atoms with Gasteiger partial charge in [-0.05, 0) is 29.7 Å². The van der Waals surface area contributed by atoms with E-state index in [4.69, 9.17) is 0 Å². The molecule has 7 nitrogen and oxygen atoms in total. The number of carboxylic acids is 1. The van der Waals surface area contributed by atoms with Gasteiger partial charge in [0.15, 0.2) is 0 Å². The molecule has 1 amide bonds. The molecular weight excluding hydrogens is 394 g/mol. The Kier molecular flexibility index (Phi) is 5.57. The van der Waals surface area contributed by atoms with Crippen LogP contribution in [-0.4, -0.2) is 21.7 Å². The van der Waals surface area contributed by atoms with Crippen LogP contribution >= 0.6 is 0 Å². The van der Waals surface area contributed by atoms with Gasteiger partial charge in [0.25, 0.3) is 5.56 Å². The van der Waals surface area contributed by atoms with E-state index in [1.807, 2.05) is 42.5 Å². The minimum atomic E-state index is -1.52. The van der Waals surface area contributed by atoms with Crippen LogP contribution in [0.25, 0.3) is 10.8 Å². The van der Waals surface area contributed by atoms with E-state index in [2.05, 4.69) is 10.4 Å². The number of fused-ring (bicyclic) bond motifs is 1. The van der Waals surface area contributed by atoms with Crippen LogP contribution in [0.3, 0.4) is 0 Å². The minimum absolute atomic E-state index is 0.161. The summed E-state index contributed by atoms with van der Waals surface area (Å²) in [6, 6.07) is 23.4. The van der Waals surface area contributed by atoms with Gasteiger partial charge in [-0.2, -0.15) is 5.10 Å². The largest absolute Gasteiger partial charge is 0.543 e. The zero-order valence-corrected chi connectivity index (χ0v) is 16.4. The molecule has 0 spiro atoms. The molecule has 4 aromatic rings. The highest BCUT2D eigenvalue weighted by Gasteiger charge is 2.14. The molecule has 7 heteroatoms. The Hall–Kier alpha value is -4.26. The maximum absolute atomic E-state index is 12.7. The van der Waals surface area contributed by atoms with Gasteiger partial charge >= 0.3 is 0 Å². The van der Waals surface area contributed by atoms with E-state index in [1.165, 1.54) is 12.1 Å². The third-order valence-corrected chi connectivity index (χ3v) is 4.88. The average molecular weight is 412 g/mol. The van der Waals surface area contributed by atoms with Gasteiger partial charge < -0.3 is 15.2 Å². The molecule has 0 unspecified atom stereocenters. The minimum Gasteiger partial charge on any atom is -0.543 e. The number of carbonyl (C=O) groups excluding carboxylic acids is 2. The number of aromatic carboxylic acids is 1. The summed E-state index contributed by atoms with van der Waals surface area (Å²) in [6.07, 6.45) is 0.625. The number of aromatic nitrogens is 2. The monoisotopic (exact) mass is 412 g/mol. The number of hydrogen-bond donors (Lipinski definition) is 1. The van der Waals surface area contributed by atoms with Crippen molar-refractivity contribution in [2.75, 3.05) is 5.32 Å². The Labute approximate surface area is 177 Å². The van der Waals surface area contributed by atoms with Crippen molar-refractivity contribution < 1.29 is 14.7 Å². The summed E-state index contributed by atoms with van der Waals surface area (Å²) >= 11 is 0. The average Bonchev–Trinajstić information content (AvgIpc) is 2.77. The van der Waals surface area contributed by atoms with Crippen molar-refractivity contribution in [1.82, 2.24) is 9.78 Å². The van der Waals surface area contributed by atoms with Crippen LogP contribution in [0.4, 0.5) is 5.69 Å². The lowest BCUT2D eigenvalue weighted by molar-refractivity contribution is -0.255. The number of nitrogens with zero attached hydrogens (tertiary/aromatic N) is 2. The Balaban J connectivity index is 1.61. The summed E-state index contributed by atoms with van der Waals surface area (Å²) in [5.74, 6) is -2.01. The number of carbonyl (C=O) groups is 2. The first-order valence-corrected chi connectivity index (χ1v) is 9.66. The smallest absolute Gasteiger partial charge is 0.275 e. The Morgan fingerprint density at radius 3 is 2.26 bits per heavy atom. The first kappa shape index (κ1) is 20.0. The van der Waals surface area contributed by atoms with E-state index in [-0.39, 0.29) is 16.5 Å². The van der Waals surface area contributed by atoms with Crippen molar-refractivity contribution in [3.8, 4) is 0 Å². The number of para-hydroxylation sites is 1. The zero-order chi connectivity index (χ0) is 21.8. The summed E-state index contributed by atoms with van der Waals surface area (Å²) in [5, 5.41) is 18.5. The number of carboxylic acid groups (broad SMARTS) is 1. The van der Waals surface area contributed by atoms with Gasteiger partial charge in [-0.15, -0.1) is 0 Å². The normalized spacial score (nSPS) is 10.7. The standard InChI is InChI=1S/C24H19N3O4/c28-21(25-20-13-7-4-10-17(20)14-16-8-2-1-3-9-16)15-27-23(29)19-12-6-5-11-18(19)22(26-27)24(30)31/h1-13H,14-15H2,(H,25,28)(H,30,31)/p-1. The van der Waals surface area contributed by atoms with Crippen LogP contribution < -0.4 is 16.0 Å². The van der Waals surface area contributed by atoms with Gasteiger partial charge in [0.05, 0.1) is 11.4 Å². The summed E-state index contributed by atoms with van der Waals surface area (Å²) in [6.45, 7) is -0.427. The molecule has 4 rings (SSSR count). The first-order chi connectivity index (χ1) is 15.0. The highest BCUT2D eigenvalue weighted by molar-refractivity contribution is 6.00. The van der Waals surface area contributed by atoms with E-state index >= 15 is 0 Å². The maximum Gasteiger partial charge on any atom is 0.275 e. The predicted octanol–water partition coefficient (Wildman–Crippen LogP) is 1.99. The van der Waals surface area contributed by atoms with Gasteiger partial charge in [0.1, 0.15) is 12.2 Å². The summed E-state index contributed by atoms with van der Waals surface area (Å²) in [5.41, 5.74) is 1.69. The molecule has 0 saturated carbocycles. The van der Waals surface area contributed by atoms with E-state index in [9.17, 15) is 19.5 Å². The fraction of sp³-hybridized carbons (Fsp3) is 0.0833. The van der Waals surface area contributed by atoms with Crippen LogP contribution in [-0.2, 0) is 17.8 Å². The van der Waals surface area contributed by atoms with Crippen LogP contribution in [0.5, 0.6) is 0 Å². The van der Waals surface area contributed by atoms with Crippen molar-refractivity contribution in [2.45, 2.75) is 13.0 Å². The molecule has 31 heavy (non-hydrogen) atoms. The van der Waals surface area contributed by atoms with E-state index in [1.54, 1.807) is 24.3 Å². The molecule has 0 radical (unpaired) electrons. The molecule has 0 aliphatic heterocycles. The Morgan fingerprint density at radius 2 is 1.52 bits per heavy atom. The maximum atomic E-state index is 12.7. The molecule has 0 saturated heterocycles. The summed E-state index contributed by atoms with van der Waals surface area (Å²) in [4.78, 5) is 36.9. The highest BCUT2D eigenvalue weighted by atomic mass is 16.4. The number of rotatable bonds is 6. The molecular formula is C24H18N3O4-. The molecule has 0 bridgehead atoms. The van der Waals surface area contributed by atoms with Gasteiger partial charge in [0.2, 0.25) is 5.91 Å². The summed E-state index contributed by atoms with van der Waals surface area (Å²) < 4.78 is 0.850. The third kappa shape index (κ3) is 4.35. The number of amides is 1. The van der Waals surface area contributed by atoms with Gasteiger partial charge in [-0.3, -0.25) is 9.59 Å². The lowest BCUT2D eigenvalue weighted by Gasteiger charge is -2.13.